The highest BCUT2D eigenvalue weighted by Gasteiger charge is 2.37. The summed E-state index contributed by atoms with van der Waals surface area (Å²) in [6.45, 7) is 3.57. The number of anilines is 1. The van der Waals surface area contributed by atoms with E-state index in [1.54, 1.807) is 13.8 Å². The zero-order valence-electron chi connectivity index (χ0n) is 11.5. The number of thiocarbonyl (C=S) groups is 1. The number of hydrogen-bond donors (Lipinski definition) is 1. The van der Waals surface area contributed by atoms with Gasteiger partial charge in [0, 0.05) is 18.5 Å². The van der Waals surface area contributed by atoms with Crippen LogP contribution in [0.15, 0.2) is 12.1 Å². The zero-order chi connectivity index (χ0) is 15.7. The van der Waals surface area contributed by atoms with Crippen LogP contribution >= 0.6 is 12.2 Å². The van der Waals surface area contributed by atoms with E-state index in [0.29, 0.717) is 5.75 Å². The molecule has 0 fully saturated rings. The molecule has 2 unspecified atom stereocenters. The highest BCUT2D eigenvalue weighted by Crippen LogP contribution is 2.34. The third-order valence-electron chi connectivity index (χ3n) is 3.13. The zero-order valence-corrected chi connectivity index (χ0v) is 12.3. The quantitative estimate of drug-likeness (QED) is 0.502. The third-order valence-corrected chi connectivity index (χ3v) is 3.53. The maximum Gasteiger partial charge on any atom is 0.366 e. The topological polar surface area (TPSA) is 112 Å². The van der Waals surface area contributed by atoms with Gasteiger partial charge in [-0.15, -0.1) is 0 Å². The van der Waals surface area contributed by atoms with Gasteiger partial charge in [0.1, 0.15) is 0 Å². The first-order valence-corrected chi connectivity index (χ1v) is 6.65. The Morgan fingerprint density at radius 3 is 2.90 bits per heavy atom. The average molecular weight is 310 g/mol. The highest BCUT2D eigenvalue weighted by atomic mass is 32.1. The van der Waals surface area contributed by atoms with Crippen LogP contribution in [0.2, 0.25) is 0 Å². The van der Waals surface area contributed by atoms with Gasteiger partial charge in [0.05, 0.1) is 4.99 Å². The second-order valence-corrected chi connectivity index (χ2v) is 5.23. The second-order valence-electron chi connectivity index (χ2n) is 4.76. The summed E-state index contributed by atoms with van der Waals surface area (Å²) in [5, 5.41) is 10.8. The summed E-state index contributed by atoms with van der Waals surface area (Å²) < 4.78 is 5.41. The van der Waals surface area contributed by atoms with Crippen LogP contribution in [0.5, 0.6) is 5.75 Å². The Bertz CT molecular complexity index is 621. The predicted molar refractivity (Wildman–Crippen MR) is 79.3 cm³/mol. The molecule has 0 aromatic carbocycles. The normalized spacial score (nSPS) is 18.7. The number of nitrogens with zero attached hydrogens (tertiary/aromatic N) is 3. The lowest BCUT2D eigenvalue weighted by molar-refractivity contribution is -0.389. The lowest BCUT2D eigenvalue weighted by atomic mass is 10.1. The summed E-state index contributed by atoms with van der Waals surface area (Å²) in [6.07, 6.45) is -0.695. The summed E-state index contributed by atoms with van der Waals surface area (Å²) in [4.78, 5) is 27.9. The molecule has 1 aliphatic rings. The average Bonchev–Trinajstić information content (AvgIpc) is 2.42. The van der Waals surface area contributed by atoms with Crippen LogP contribution in [0.25, 0.3) is 0 Å². The van der Waals surface area contributed by atoms with Crippen molar-refractivity contribution in [3.8, 4) is 5.75 Å². The van der Waals surface area contributed by atoms with E-state index in [1.807, 2.05) is 0 Å². The standard InChI is InChI=1S/C12H14N4O4S/c1-6(10(13)21)5-15-11-8(20-7(2)12(15)17)3-4-9(14-11)16(18)19/h3-4,6-7H,5H2,1-2H3,(H2,13,21). The number of pyridine rings is 1. The van der Waals surface area contributed by atoms with E-state index >= 15 is 0 Å². The van der Waals surface area contributed by atoms with Gasteiger partial charge in [-0.3, -0.25) is 9.69 Å². The second kappa shape index (κ2) is 5.60. The van der Waals surface area contributed by atoms with E-state index in [2.05, 4.69) is 4.98 Å². The van der Waals surface area contributed by atoms with E-state index in [1.165, 1.54) is 17.0 Å². The molecular weight excluding hydrogens is 296 g/mol. The van der Waals surface area contributed by atoms with Crippen LogP contribution in [-0.2, 0) is 4.79 Å². The van der Waals surface area contributed by atoms with Crippen molar-refractivity contribution in [1.82, 2.24) is 4.98 Å². The van der Waals surface area contributed by atoms with Gasteiger partial charge in [0.25, 0.3) is 11.7 Å². The maximum atomic E-state index is 12.2. The largest absolute Gasteiger partial charge is 0.475 e. The van der Waals surface area contributed by atoms with Crippen molar-refractivity contribution < 1.29 is 14.5 Å². The fraction of sp³-hybridized carbons (Fsp3) is 0.417. The Labute approximate surface area is 126 Å². The van der Waals surface area contributed by atoms with Crippen molar-refractivity contribution in [2.75, 3.05) is 11.4 Å². The van der Waals surface area contributed by atoms with Crippen molar-refractivity contribution in [1.29, 1.82) is 0 Å². The molecule has 0 spiro atoms. The van der Waals surface area contributed by atoms with Crippen molar-refractivity contribution in [3.05, 3.63) is 22.2 Å². The molecule has 1 amide bonds. The minimum absolute atomic E-state index is 0.121. The third kappa shape index (κ3) is 2.92. The Balaban J connectivity index is 2.44. The predicted octanol–water partition coefficient (Wildman–Crippen LogP) is 1.03. The molecule has 21 heavy (non-hydrogen) atoms. The first kappa shape index (κ1) is 15.1. The number of carbonyl (C=O) groups excluding carboxylic acids is 1. The lowest BCUT2D eigenvalue weighted by Crippen LogP contribution is -2.48. The van der Waals surface area contributed by atoms with Gasteiger partial charge in [-0.2, -0.15) is 0 Å². The number of fused-ring (bicyclic) bond motifs is 1. The number of nitrogens with two attached hydrogens (primary N) is 1. The number of ether oxygens (including phenoxy) is 1. The number of rotatable bonds is 4. The van der Waals surface area contributed by atoms with E-state index in [9.17, 15) is 14.9 Å². The molecule has 8 nitrogen and oxygen atoms in total. The van der Waals surface area contributed by atoms with Crippen LogP contribution in [0.1, 0.15) is 13.8 Å². The molecule has 1 aliphatic heterocycles. The molecule has 2 heterocycles. The van der Waals surface area contributed by atoms with Gasteiger partial charge < -0.3 is 20.6 Å². The van der Waals surface area contributed by atoms with Crippen molar-refractivity contribution in [2.45, 2.75) is 20.0 Å². The molecule has 2 atom stereocenters. The van der Waals surface area contributed by atoms with E-state index in [4.69, 9.17) is 22.7 Å². The number of aromatic nitrogens is 1. The van der Waals surface area contributed by atoms with Crippen LogP contribution in [0.4, 0.5) is 11.6 Å². The monoisotopic (exact) mass is 310 g/mol. The molecule has 2 rings (SSSR count). The Morgan fingerprint density at radius 2 is 2.33 bits per heavy atom. The van der Waals surface area contributed by atoms with Crippen LogP contribution < -0.4 is 15.4 Å². The molecule has 0 aliphatic carbocycles. The molecule has 9 heteroatoms. The molecule has 0 radical (unpaired) electrons. The summed E-state index contributed by atoms with van der Waals surface area (Å²) in [6, 6.07) is 2.67. The summed E-state index contributed by atoms with van der Waals surface area (Å²) >= 11 is 4.90. The highest BCUT2D eigenvalue weighted by molar-refractivity contribution is 7.80. The first-order valence-electron chi connectivity index (χ1n) is 6.24. The smallest absolute Gasteiger partial charge is 0.366 e. The first-order chi connectivity index (χ1) is 9.81. The lowest BCUT2D eigenvalue weighted by Gasteiger charge is -2.30. The molecule has 2 N–H and O–H groups in total. The summed E-state index contributed by atoms with van der Waals surface area (Å²) in [5.41, 5.74) is 5.56. The number of amides is 1. The van der Waals surface area contributed by atoms with Crippen LogP contribution in [0.3, 0.4) is 0 Å². The Morgan fingerprint density at radius 1 is 1.67 bits per heavy atom. The van der Waals surface area contributed by atoms with Crippen molar-refractivity contribution in [3.63, 3.8) is 0 Å². The Hall–Kier alpha value is -2.29. The molecule has 112 valence electrons. The summed E-state index contributed by atoms with van der Waals surface area (Å²) in [5.74, 6) is -0.493. The van der Waals surface area contributed by atoms with E-state index in [-0.39, 0.29) is 35.0 Å². The van der Waals surface area contributed by atoms with Crippen molar-refractivity contribution >= 4 is 34.7 Å². The van der Waals surface area contributed by atoms with E-state index < -0.39 is 11.0 Å². The van der Waals surface area contributed by atoms with Gasteiger partial charge in [-0.1, -0.05) is 19.1 Å². The maximum absolute atomic E-state index is 12.2. The molecule has 1 aromatic heterocycles. The number of carbonyl (C=O) groups is 1. The fourth-order valence-electron chi connectivity index (χ4n) is 1.92. The molecule has 1 aromatic rings. The molecule has 0 bridgehead atoms. The van der Waals surface area contributed by atoms with Crippen molar-refractivity contribution in [2.24, 2.45) is 11.7 Å². The fourth-order valence-corrected chi connectivity index (χ4v) is 1.99. The van der Waals surface area contributed by atoms with Gasteiger partial charge in [0.15, 0.2) is 11.9 Å². The number of nitro groups is 1. The SMILES string of the molecule is CC(CN1C(=O)C(C)Oc2ccc([N+](=O)[O-])nc21)C(N)=S. The number of hydrogen-bond acceptors (Lipinski definition) is 6. The minimum atomic E-state index is -0.695. The van der Waals surface area contributed by atoms with Gasteiger partial charge >= 0.3 is 5.82 Å². The van der Waals surface area contributed by atoms with Crippen LogP contribution in [-0.4, -0.2) is 33.5 Å². The Kier molecular flexibility index (Phi) is 4.03. The van der Waals surface area contributed by atoms with Gasteiger partial charge in [0.2, 0.25) is 0 Å². The molecule has 0 saturated carbocycles. The van der Waals surface area contributed by atoms with Gasteiger partial charge in [-0.25, -0.2) is 0 Å². The molecular formula is C12H14N4O4S. The minimum Gasteiger partial charge on any atom is -0.475 e. The van der Waals surface area contributed by atoms with Crippen LogP contribution in [0, 0.1) is 16.0 Å². The van der Waals surface area contributed by atoms with E-state index in [0.717, 1.165) is 0 Å². The van der Waals surface area contributed by atoms with Gasteiger partial charge in [-0.05, 0) is 22.9 Å². The molecule has 0 saturated heterocycles. The summed E-state index contributed by atoms with van der Waals surface area (Å²) in [7, 11) is 0.